The number of benzene rings is 1. The highest BCUT2D eigenvalue weighted by Gasteiger charge is 2.22. The molecule has 20 heavy (non-hydrogen) atoms. The summed E-state index contributed by atoms with van der Waals surface area (Å²) in [6, 6.07) is 6.59. The molecule has 1 aromatic carbocycles. The predicted molar refractivity (Wildman–Crippen MR) is 86.3 cm³/mol. The number of rotatable bonds is 6. The van der Waals surface area contributed by atoms with E-state index in [4.69, 9.17) is 10.5 Å². The first-order chi connectivity index (χ1) is 9.74. The zero-order chi connectivity index (χ0) is 14.4. The molecule has 0 radical (unpaired) electrons. The minimum Gasteiger partial charge on any atom is -0.492 e. The highest BCUT2D eigenvalue weighted by molar-refractivity contribution is 5.61. The number of nitrogens with two attached hydrogens (primary N) is 1. The van der Waals surface area contributed by atoms with Crippen LogP contribution in [-0.2, 0) is 0 Å². The van der Waals surface area contributed by atoms with Gasteiger partial charge in [-0.05, 0) is 44.2 Å². The van der Waals surface area contributed by atoms with Gasteiger partial charge < -0.3 is 15.8 Å². The molecule has 0 bridgehead atoms. The van der Waals surface area contributed by atoms with Gasteiger partial charge in [-0.2, -0.15) is 0 Å². The van der Waals surface area contributed by atoms with Gasteiger partial charge in [0.15, 0.2) is 0 Å². The van der Waals surface area contributed by atoms with E-state index in [1.165, 1.54) is 38.5 Å². The molecule has 0 saturated heterocycles. The highest BCUT2D eigenvalue weighted by atomic mass is 16.5. The van der Waals surface area contributed by atoms with E-state index in [0.717, 1.165) is 17.4 Å². The van der Waals surface area contributed by atoms with E-state index in [0.29, 0.717) is 18.3 Å². The lowest BCUT2D eigenvalue weighted by atomic mass is 9.83. The van der Waals surface area contributed by atoms with Gasteiger partial charge >= 0.3 is 0 Å². The SMILES string of the molecule is CCOc1cc(NC(CC)C2CCCCC2)ccc1N. The van der Waals surface area contributed by atoms with Gasteiger partial charge in [-0.1, -0.05) is 26.2 Å². The van der Waals surface area contributed by atoms with Crippen molar-refractivity contribution in [1.82, 2.24) is 0 Å². The number of ether oxygens (including phenoxy) is 1. The molecule has 0 heterocycles. The van der Waals surface area contributed by atoms with Crippen LogP contribution in [-0.4, -0.2) is 12.6 Å². The molecule has 1 aliphatic carbocycles. The summed E-state index contributed by atoms with van der Waals surface area (Å²) >= 11 is 0. The van der Waals surface area contributed by atoms with Crippen molar-refractivity contribution in [3.63, 3.8) is 0 Å². The lowest BCUT2D eigenvalue weighted by molar-refractivity contribution is 0.312. The Bertz CT molecular complexity index is 413. The molecule has 0 aliphatic heterocycles. The lowest BCUT2D eigenvalue weighted by Gasteiger charge is -2.31. The summed E-state index contributed by atoms with van der Waals surface area (Å²) in [5.41, 5.74) is 7.77. The number of hydrogen-bond donors (Lipinski definition) is 2. The second-order valence-electron chi connectivity index (χ2n) is 5.74. The average Bonchev–Trinajstić information content (AvgIpc) is 2.49. The Balaban J connectivity index is 2.04. The molecule has 1 fully saturated rings. The highest BCUT2D eigenvalue weighted by Crippen LogP contribution is 2.31. The van der Waals surface area contributed by atoms with Crippen molar-refractivity contribution in [2.24, 2.45) is 5.92 Å². The fraction of sp³-hybridized carbons (Fsp3) is 0.647. The molecule has 0 amide bonds. The van der Waals surface area contributed by atoms with Crippen LogP contribution in [0.15, 0.2) is 18.2 Å². The monoisotopic (exact) mass is 276 g/mol. The van der Waals surface area contributed by atoms with E-state index >= 15 is 0 Å². The molecule has 112 valence electrons. The van der Waals surface area contributed by atoms with Crippen LogP contribution in [0.5, 0.6) is 5.75 Å². The molecule has 1 atom stereocenters. The maximum atomic E-state index is 5.93. The first-order valence-corrected chi connectivity index (χ1v) is 8.03. The normalized spacial score (nSPS) is 17.7. The van der Waals surface area contributed by atoms with Crippen LogP contribution in [0.3, 0.4) is 0 Å². The fourth-order valence-corrected chi connectivity index (χ4v) is 3.21. The Morgan fingerprint density at radius 2 is 2.00 bits per heavy atom. The molecular weight excluding hydrogens is 248 g/mol. The lowest BCUT2D eigenvalue weighted by Crippen LogP contribution is -2.30. The number of nitrogen functional groups attached to an aromatic ring is 1. The Morgan fingerprint density at radius 3 is 2.65 bits per heavy atom. The molecule has 1 aliphatic rings. The van der Waals surface area contributed by atoms with Crippen molar-refractivity contribution in [3.8, 4) is 5.75 Å². The molecule has 2 rings (SSSR count). The van der Waals surface area contributed by atoms with E-state index in [9.17, 15) is 0 Å². The van der Waals surface area contributed by atoms with Gasteiger partial charge in [0.05, 0.1) is 12.3 Å². The summed E-state index contributed by atoms with van der Waals surface area (Å²) in [4.78, 5) is 0. The van der Waals surface area contributed by atoms with Crippen molar-refractivity contribution in [3.05, 3.63) is 18.2 Å². The number of nitrogens with one attached hydrogen (secondary N) is 1. The maximum Gasteiger partial charge on any atom is 0.144 e. The van der Waals surface area contributed by atoms with Gasteiger partial charge in [-0.15, -0.1) is 0 Å². The minimum atomic E-state index is 0.563. The second-order valence-corrected chi connectivity index (χ2v) is 5.74. The average molecular weight is 276 g/mol. The summed E-state index contributed by atoms with van der Waals surface area (Å²) in [5, 5.41) is 3.69. The van der Waals surface area contributed by atoms with E-state index in [1.807, 2.05) is 19.1 Å². The summed E-state index contributed by atoms with van der Waals surface area (Å²) in [5.74, 6) is 1.60. The second kappa shape index (κ2) is 7.41. The Kier molecular flexibility index (Phi) is 5.57. The zero-order valence-electron chi connectivity index (χ0n) is 12.8. The smallest absolute Gasteiger partial charge is 0.144 e. The van der Waals surface area contributed by atoms with E-state index in [-0.39, 0.29) is 0 Å². The molecule has 3 nitrogen and oxygen atoms in total. The molecule has 1 unspecified atom stereocenters. The van der Waals surface area contributed by atoms with Gasteiger partial charge in [0.2, 0.25) is 0 Å². The molecule has 3 heteroatoms. The van der Waals surface area contributed by atoms with E-state index in [2.05, 4.69) is 18.3 Å². The van der Waals surface area contributed by atoms with Gasteiger partial charge in [0.25, 0.3) is 0 Å². The van der Waals surface area contributed by atoms with Crippen molar-refractivity contribution in [1.29, 1.82) is 0 Å². The van der Waals surface area contributed by atoms with Crippen LogP contribution in [0.2, 0.25) is 0 Å². The van der Waals surface area contributed by atoms with Crippen LogP contribution >= 0.6 is 0 Å². The fourth-order valence-electron chi connectivity index (χ4n) is 3.21. The Labute approximate surface area is 122 Å². The van der Waals surface area contributed by atoms with Crippen LogP contribution < -0.4 is 15.8 Å². The molecule has 1 aromatic rings. The molecule has 0 spiro atoms. The first kappa shape index (κ1) is 15.0. The maximum absolute atomic E-state index is 5.93. The van der Waals surface area contributed by atoms with Gasteiger partial charge in [0.1, 0.15) is 5.75 Å². The van der Waals surface area contributed by atoms with Crippen LogP contribution in [0, 0.1) is 5.92 Å². The standard InChI is InChI=1S/C17H28N2O/c1-3-16(13-8-6-5-7-9-13)19-14-10-11-15(18)17(12-14)20-4-2/h10-13,16,19H,3-9,18H2,1-2H3. The molecule has 1 saturated carbocycles. The van der Waals surface area contributed by atoms with E-state index in [1.54, 1.807) is 0 Å². The molecule has 3 N–H and O–H groups in total. The van der Waals surface area contributed by atoms with Gasteiger partial charge in [-0.25, -0.2) is 0 Å². The third-order valence-corrected chi connectivity index (χ3v) is 4.32. The van der Waals surface area contributed by atoms with Crippen molar-refractivity contribution >= 4 is 11.4 Å². The third-order valence-electron chi connectivity index (χ3n) is 4.32. The van der Waals surface area contributed by atoms with Gasteiger partial charge in [-0.3, -0.25) is 0 Å². The summed E-state index contributed by atoms with van der Waals surface area (Å²) in [6.07, 6.45) is 8.06. The van der Waals surface area contributed by atoms with E-state index < -0.39 is 0 Å². The third kappa shape index (κ3) is 3.81. The molecular formula is C17H28N2O. The summed E-state index contributed by atoms with van der Waals surface area (Å²) in [7, 11) is 0. The van der Waals surface area contributed by atoms with Gasteiger partial charge in [0, 0.05) is 17.8 Å². The summed E-state index contributed by atoms with van der Waals surface area (Å²) in [6.45, 7) is 4.90. The van der Waals surface area contributed by atoms with Crippen LogP contribution in [0.4, 0.5) is 11.4 Å². The topological polar surface area (TPSA) is 47.3 Å². The summed E-state index contributed by atoms with van der Waals surface area (Å²) < 4.78 is 5.57. The number of anilines is 2. The molecule has 0 aromatic heterocycles. The first-order valence-electron chi connectivity index (χ1n) is 8.03. The van der Waals surface area contributed by atoms with Crippen LogP contribution in [0.1, 0.15) is 52.4 Å². The zero-order valence-corrected chi connectivity index (χ0v) is 12.8. The largest absolute Gasteiger partial charge is 0.492 e. The van der Waals surface area contributed by atoms with Crippen molar-refractivity contribution in [2.75, 3.05) is 17.7 Å². The Morgan fingerprint density at radius 1 is 1.25 bits per heavy atom. The van der Waals surface area contributed by atoms with Crippen molar-refractivity contribution in [2.45, 2.75) is 58.4 Å². The Hall–Kier alpha value is -1.38. The number of hydrogen-bond acceptors (Lipinski definition) is 3. The quantitative estimate of drug-likeness (QED) is 0.755. The minimum absolute atomic E-state index is 0.563. The van der Waals surface area contributed by atoms with Crippen molar-refractivity contribution < 1.29 is 4.74 Å². The van der Waals surface area contributed by atoms with Crippen LogP contribution in [0.25, 0.3) is 0 Å². The predicted octanol–water partition coefficient (Wildman–Crippen LogP) is 4.44.